The average Bonchev–Trinajstić information content (AvgIpc) is 2.46. The van der Waals surface area contributed by atoms with Crippen LogP contribution in [0.4, 0.5) is 0 Å². The van der Waals surface area contributed by atoms with E-state index in [2.05, 4.69) is 0 Å². The summed E-state index contributed by atoms with van der Waals surface area (Å²) in [6, 6.07) is 5.94. The van der Waals surface area contributed by atoms with Crippen molar-refractivity contribution in [3.8, 4) is 0 Å². The van der Waals surface area contributed by atoms with E-state index in [0.29, 0.717) is 5.39 Å². The van der Waals surface area contributed by atoms with Gasteiger partial charge in [0.25, 0.3) is 0 Å². The molecule has 6 nitrogen and oxygen atoms in total. The maximum Gasteiger partial charge on any atom is 0.351 e. The highest BCUT2D eigenvalue weighted by molar-refractivity contribution is 6.04. The number of benzene rings is 1. The zero-order chi connectivity index (χ0) is 15.4. The normalized spacial score (nSPS) is 10.4. The predicted octanol–water partition coefficient (Wildman–Crippen LogP) is 2.15. The van der Waals surface area contributed by atoms with Crippen LogP contribution in [0.2, 0.25) is 0 Å². The van der Waals surface area contributed by atoms with Crippen LogP contribution in [0.3, 0.4) is 0 Å². The van der Waals surface area contributed by atoms with E-state index in [4.69, 9.17) is 13.9 Å². The summed E-state index contributed by atoms with van der Waals surface area (Å²) in [7, 11) is 0. The minimum Gasteiger partial charge on any atom is -0.462 e. The van der Waals surface area contributed by atoms with E-state index in [0.717, 1.165) is 0 Å². The third-order valence-electron chi connectivity index (χ3n) is 2.77. The molecule has 0 aliphatic carbocycles. The third kappa shape index (κ3) is 2.94. The van der Waals surface area contributed by atoms with Gasteiger partial charge in [-0.25, -0.2) is 14.4 Å². The Kier molecular flexibility index (Phi) is 4.37. The molecule has 0 aliphatic heterocycles. The highest BCUT2D eigenvalue weighted by atomic mass is 16.5. The van der Waals surface area contributed by atoms with Gasteiger partial charge in [-0.3, -0.25) is 0 Å². The number of esters is 2. The molecular weight excluding hydrogens is 276 g/mol. The van der Waals surface area contributed by atoms with Gasteiger partial charge in [0.15, 0.2) is 0 Å². The van der Waals surface area contributed by atoms with Gasteiger partial charge in [0.05, 0.1) is 18.8 Å². The van der Waals surface area contributed by atoms with Crippen molar-refractivity contribution in [1.82, 2.24) is 0 Å². The first kappa shape index (κ1) is 14.8. The van der Waals surface area contributed by atoms with Gasteiger partial charge in [-0.1, -0.05) is 6.07 Å². The number of rotatable bonds is 4. The molecule has 0 spiro atoms. The molecule has 2 rings (SSSR count). The van der Waals surface area contributed by atoms with E-state index in [-0.39, 0.29) is 29.9 Å². The lowest BCUT2D eigenvalue weighted by atomic mass is 10.1. The first-order valence-corrected chi connectivity index (χ1v) is 6.49. The number of hydrogen-bond donors (Lipinski definition) is 0. The summed E-state index contributed by atoms with van der Waals surface area (Å²) in [4.78, 5) is 35.4. The monoisotopic (exact) mass is 290 g/mol. The molecule has 0 saturated carbocycles. The van der Waals surface area contributed by atoms with Crippen molar-refractivity contribution in [2.75, 3.05) is 13.2 Å². The number of carbonyl (C=O) groups excluding carboxylic acids is 2. The van der Waals surface area contributed by atoms with Crippen LogP contribution in [0.25, 0.3) is 11.0 Å². The van der Waals surface area contributed by atoms with Crippen molar-refractivity contribution in [2.45, 2.75) is 13.8 Å². The van der Waals surface area contributed by atoms with Crippen LogP contribution in [-0.4, -0.2) is 25.2 Å². The number of hydrogen-bond acceptors (Lipinski definition) is 6. The molecule has 1 aromatic carbocycles. The van der Waals surface area contributed by atoms with Crippen molar-refractivity contribution in [1.29, 1.82) is 0 Å². The Labute approximate surface area is 120 Å². The molecule has 110 valence electrons. The Morgan fingerprint density at radius 1 is 1.05 bits per heavy atom. The minimum absolute atomic E-state index is 0.135. The fourth-order valence-corrected chi connectivity index (χ4v) is 1.88. The molecule has 2 aromatic rings. The Bertz CT molecular complexity index is 743. The molecule has 0 saturated heterocycles. The van der Waals surface area contributed by atoms with Crippen LogP contribution in [0, 0.1) is 0 Å². The number of ether oxygens (including phenoxy) is 2. The molecule has 0 N–H and O–H groups in total. The summed E-state index contributed by atoms with van der Waals surface area (Å²) in [5.74, 6) is -1.33. The van der Waals surface area contributed by atoms with Crippen molar-refractivity contribution < 1.29 is 23.5 Å². The third-order valence-corrected chi connectivity index (χ3v) is 2.77. The van der Waals surface area contributed by atoms with Crippen molar-refractivity contribution in [3.63, 3.8) is 0 Å². The molecule has 6 heteroatoms. The summed E-state index contributed by atoms with van der Waals surface area (Å²) in [5.41, 5.74) is -0.620. The van der Waals surface area contributed by atoms with Crippen molar-refractivity contribution in [2.24, 2.45) is 0 Å². The van der Waals surface area contributed by atoms with E-state index < -0.39 is 17.6 Å². The van der Waals surface area contributed by atoms with Crippen molar-refractivity contribution >= 4 is 22.9 Å². The van der Waals surface area contributed by atoms with Gasteiger partial charge in [0, 0.05) is 5.39 Å². The highest BCUT2D eigenvalue weighted by Crippen LogP contribution is 2.19. The van der Waals surface area contributed by atoms with E-state index in [1.54, 1.807) is 19.9 Å². The van der Waals surface area contributed by atoms with Gasteiger partial charge in [-0.05, 0) is 32.0 Å². The van der Waals surface area contributed by atoms with Gasteiger partial charge in [-0.15, -0.1) is 0 Å². The van der Waals surface area contributed by atoms with Gasteiger partial charge < -0.3 is 13.9 Å². The summed E-state index contributed by atoms with van der Waals surface area (Å²) in [6.45, 7) is 3.67. The van der Waals surface area contributed by atoms with Crippen LogP contribution in [-0.2, 0) is 9.47 Å². The molecule has 0 unspecified atom stereocenters. The van der Waals surface area contributed by atoms with E-state index in [1.807, 2.05) is 0 Å². The molecule has 0 aliphatic rings. The Balaban J connectivity index is 2.63. The Morgan fingerprint density at radius 3 is 2.29 bits per heavy atom. The molecule has 21 heavy (non-hydrogen) atoms. The van der Waals surface area contributed by atoms with Crippen LogP contribution in [0.1, 0.15) is 34.6 Å². The van der Waals surface area contributed by atoms with Crippen LogP contribution in [0.5, 0.6) is 0 Å². The fourth-order valence-electron chi connectivity index (χ4n) is 1.88. The second-order valence-corrected chi connectivity index (χ2v) is 4.11. The maximum atomic E-state index is 11.9. The first-order chi connectivity index (χ1) is 10.1. The molecule has 1 aromatic heterocycles. The quantitative estimate of drug-likeness (QED) is 0.633. The largest absolute Gasteiger partial charge is 0.462 e. The SMILES string of the molecule is CCOC(=O)c1cc2c(C(=O)OCC)cccc2oc1=O. The molecule has 1 heterocycles. The van der Waals surface area contributed by atoms with Crippen LogP contribution in [0.15, 0.2) is 33.5 Å². The number of fused-ring (bicyclic) bond motifs is 1. The zero-order valence-electron chi connectivity index (χ0n) is 11.7. The van der Waals surface area contributed by atoms with Crippen LogP contribution >= 0.6 is 0 Å². The van der Waals surface area contributed by atoms with Gasteiger partial charge in [-0.2, -0.15) is 0 Å². The second kappa shape index (κ2) is 6.21. The van der Waals surface area contributed by atoms with Crippen molar-refractivity contribution in [3.05, 3.63) is 45.8 Å². The van der Waals surface area contributed by atoms with E-state index in [9.17, 15) is 14.4 Å². The summed E-state index contributed by atoms with van der Waals surface area (Å²) >= 11 is 0. The summed E-state index contributed by atoms with van der Waals surface area (Å²) < 4.78 is 14.8. The maximum absolute atomic E-state index is 11.9. The molecule has 0 radical (unpaired) electrons. The first-order valence-electron chi connectivity index (χ1n) is 6.49. The van der Waals surface area contributed by atoms with Crippen LogP contribution < -0.4 is 5.63 Å². The van der Waals surface area contributed by atoms with E-state index >= 15 is 0 Å². The number of carbonyl (C=O) groups is 2. The zero-order valence-corrected chi connectivity index (χ0v) is 11.7. The molecule has 0 bridgehead atoms. The summed E-state index contributed by atoms with van der Waals surface area (Å²) in [5, 5.41) is 0.332. The molecule has 0 atom stereocenters. The predicted molar refractivity (Wildman–Crippen MR) is 74.4 cm³/mol. The molecular formula is C15H14O6. The lowest BCUT2D eigenvalue weighted by molar-refractivity contribution is 0.0512. The standard InChI is InChI=1S/C15H14O6/c1-3-19-13(16)9-6-5-7-12-10(9)8-11(15(18)21-12)14(17)20-4-2/h5-8H,3-4H2,1-2H3. The molecule has 0 amide bonds. The lowest BCUT2D eigenvalue weighted by Gasteiger charge is -2.06. The van der Waals surface area contributed by atoms with E-state index in [1.165, 1.54) is 18.2 Å². The van der Waals surface area contributed by atoms with Gasteiger partial charge >= 0.3 is 17.6 Å². The van der Waals surface area contributed by atoms with Gasteiger partial charge in [0.1, 0.15) is 11.1 Å². The lowest BCUT2D eigenvalue weighted by Crippen LogP contribution is -2.17. The summed E-state index contributed by atoms with van der Waals surface area (Å²) in [6.07, 6.45) is 0. The second-order valence-electron chi connectivity index (χ2n) is 4.11. The minimum atomic E-state index is -0.804. The Morgan fingerprint density at radius 2 is 1.67 bits per heavy atom. The topological polar surface area (TPSA) is 82.8 Å². The molecule has 0 fully saturated rings. The van der Waals surface area contributed by atoms with Gasteiger partial charge in [0.2, 0.25) is 0 Å². The highest BCUT2D eigenvalue weighted by Gasteiger charge is 2.18. The Hall–Kier alpha value is -2.63. The fraction of sp³-hybridized carbons (Fsp3) is 0.267. The average molecular weight is 290 g/mol. The smallest absolute Gasteiger partial charge is 0.351 e.